The Morgan fingerprint density at radius 3 is 2.57 bits per heavy atom. The molecule has 1 amide bonds. The Morgan fingerprint density at radius 2 is 1.96 bits per heavy atom. The number of nitrogens with zero attached hydrogens (tertiary/aromatic N) is 2. The van der Waals surface area contributed by atoms with Crippen molar-refractivity contribution in [1.82, 2.24) is 20.9 Å². The predicted molar refractivity (Wildman–Crippen MR) is 95.9 cm³/mol. The number of carbonyl (C=O) groups excluding carboxylic acids is 1. The molecule has 0 aromatic heterocycles. The second-order valence-electron chi connectivity index (χ2n) is 5.70. The van der Waals surface area contributed by atoms with Gasteiger partial charge in [0.25, 0.3) is 0 Å². The van der Waals surface area contributed by atoms with Crippen LogP contribution in [0.5, 0.6) is 0 Å². The molecule has 0 aliphatic carbocycles. The van der Waals surface area contributed by atoms with E-state index in [2.05, 4.69) is 39.8 Å². The lowest BCUT2D eigenvalue weighted by molar-refractivity contribution is -0.121. The Morgan fingerprint density at radius 1 is 1.26 bits per heavy atom. The number of methoxy groups -OCH3 is 1. The van der Waals surface area contributed by atoms with Crippen LogP contribution in [0.2, 0.25) is 0 Å². The topological polar surface area (TPSA) is 78.0 Å². The van der Waals surface area contributed by atoms with Gasteiger partial charge in [-0.05, 0) is 26.8 Å². The van der Waals surface area contributed by atoms with E-state index in [-0.39, 0.29) is 11.9 Å². The molecule has 0 spiro atoms. The van der Waals surface area contributed by atoms with Crippen molar-refractivity contribution < 1.29 is 9.53 Å². The zero-order valence-corrected chi connectivity index (χ0v) is 15.4. The van der Waals surface area contributed by atoms with E-state index in [0.717, 1.165) is 45.0 Å². The number of hydrogen-bond donors (Lipinski definition) is 3. The summed E-state index contributed by atoms with van der Waals surface area (Å²) in [4.78, 5) is 18.1. The molecule has 0 aromatic carbocycles. The fraction of sp³-hybridized carbons (Fsp3) is 0.875. The summed E-state index contributed by atoms with van der Waals surface area (Å²) in [7, 11) is 5.55. The van der Waals surface area contributed by atoms with Crippen LogP contribution >= 0.6 is 0 Å². The highest BCUT2D eigenvalue weighted by molar-refractivity contribution is 5.81. The number of nitrogens with one attached hydrogen (secondary N) is 3. The maximum Gasteiger partial charge on any atom is 0.221 e. The lowest BCUT2D eigenvalue weighted by Crippen LogP contribution is -2.42. The number of guanidine groups is 1. The third-order valence-corrected chi connectivity index (χ3v) is 3.56. The number of carbonyl (C=O) groups is 1. The van der Waals surface area contributed by atoms with Gasteiger partial charge in [-0.2, -0.15) is 0 Å². The Labute approximate surface area is 141 Å². The number of likely N-dealkylation sites (N-methyl/N-ethyl adjacent to an activating group) is 1. The molecule has 3 N–H and O–H groups in total. The number of hydrogen-bond acceptors (Lipinski definition) is 4. The minimum Gasteiger partial charge on any atom is -0.385 e. The minimum absolute atomic E-state index is 0.0696. The smallest absolute Gasteiger partial charge is 0.221 e. The van der Waals surface area contributed by atoms with Crippen molar-refractivity contribution in [1.29, 1.82) is 0 Å². The van der Waals surface area contributed by atoms with Gasteiger partial charge in [0.05, 0.1) is 0 Å². The third-order valence-electron chi connectivity index (χ3n) is 3.56. The van der Waals surface area contributed by atoms with E-state index in [4.69, 9.17) is 4.74 Å². The molecule has 7 nitrogen and oxygen atoms in total. The second kappa shape index (κ2) is 14.3. The van der Waals surface area contributed by atoms with Gasteiger partial charge in [-0.15, -0.1) is 0 Å². The number of ether oxygens (including phenoxy) is 1. The molecule has 1 unspecified atom stereocenters. The lowest BCUT2D eigenvalue weighted by Gasteiger charge is -2.18. The monoisotopic (exact) mass is 329 g/mol. The molecular weight excluding hydrogens is 294 g/mol. The number of amides is 1. The normalized spacial score (nSPS) is 13.0. The first-order valence-electron chi connectivity index (χ1n) is 8.44. The molecule has 0 aromatic rings. The maximum atomic E-state index is 11.7. The molecular formula is C16H35N5O2. The first-order valence-corrected chi connectivity index (χ1v) is 8.44. The fourth-order valence-corrected chi connectivity index (χ4v) is 1.92. The SMILES string of the molecule is CCC(C)NC(=O)CCNC(=NC)NCCN(C)CCCOC. The molecule has 0 aliphatic heterocycles. The van der Waals surface area contributed by atoms with Crippen LogP contribution in [0.25, 0.3) is 0 Å². The summed E-state index contributed by atoms with van der Waals surface area (Å²) in [5, 5.41) is 9.36. The summed E-state index contributed by atoms with van der Waals surface area (Å²) in [6, 6.07) is 0.230. The summed E-state index contributed by atoms with van der Waals surface area (Å²) < 4.78 is 5.04. The summed E-state index contributed by atoms with van der Waals surface area (Å²) >= 11 is 0. The standard InChI is InChI=1S/C16H35N5O2/c1-6-14(2)20-15(22)8-9-18-16(17-3)19-10-12-21(4)11-7-13-23-5/h14H,6-13H2,1-5H3,(H,20,22)(H2,17,18,19). The minimum atomic E-state index is 0.0696. The van der Waals surface area contributed by atoms with E-state index in [1.807, 2.05) is 6.92 Å². The molecule has 0 aliphatic rings. The van der Waals surface area contributed by atoms with Crippen molar-refractivity contribution in [2.45, 2.75) is 39.2 Å². The van der Waals surface area contributed by atoms with Crippen molar-refractivity contribution >= 4 is 11.9 Å². The molecule has 0 radical (unpaired) electrons. The molecule has 0 heterocycles. The van der Waals surface area contributed by atoms with Gasteiger partial charge in [0.1, 0.15) is 0 Å². The van der Waals surface area contributed by atoms with Crippen LogP contribution in [-0.2, 0) is 9.53 Å². The molecule has 0 saturated carbocycles. The summed E-state index contributed by atoms with van der Waals surface area (Å²) in [6.45, 7) is 8.18. The van der Waals surface area contributed by atoms with Crippen molar-refractivity contribution in [3.63, 3.8) is 0 Å². The summed E-state index contributed by atoms with van der Waals surface area (Å²) in [5.74, 6) is 0.798. The highest BCUT2D eigenvalue weighted by Crippen LogP contribution is 1.89. The summed E-state index contributed by atoms with van der Waals surface area (Å²) in [5.41, 5.74) is 0. The number of rotatable bonds is 12. The zero-order valence-electron chi connectivity index (χ0n) is 15.4. The maximum absolute atomic E-state index is 11.7. The van der Waals surface area contributed by atoms with Crippen LogP contribution in [0, 0.1) is 0 Å². The molecule has 0 bridgehead atoms. The molecule has 0 fully saturated rings. The average molecular weight is 329 g/mol. The zero-order chi connectivity index (χ0) is 17.5. The van der Waals surface area contributed by atoms with E-state index in [9.17, 15) is 4.79 Å². The van der Waals surface area contributed by atoms with E-state index >= 15 is 0 Å². The van der Waals surface area contributed by atoms with Crippen molar-refractivity contribution in [3.8, 4) is 0 Å². The Bertz CT molecular complexity index is 336. The van der Waals surface area contributed by atoms with Gasteiger partial charge in [-0.1, -0.05) is 6.92 Å². The highest BCUT2D eigenvalue weighted by atomic mass is 16.5. The molecule has 0 saturated heterocycles. The van der Waals surface area contributed by atoms with Gasteiger partial charge in [0.2, 0.25) is 5.91 Å². The van der Waals surface area contributed by atoms with Gasteiger partial charge < -0.3 is 25.6 Å². The van der Waals surface area contributed by atoms with Gasteiger partial charge in [-0.25, -0.2) is 0 Å². The first-order chi connectivity index (χ1) is 11.0. The predicted octanol–water partition coefficient (Wildman–Crippen LogP) is 0.425. The van der Waals surface area contributed by atoms with Gasteiger partial charge >= 0.3 is 0 Å². The van der Waals surface area contributed by atoms with Crippen LogP contribution in [0.15, 0.2) is 4.99 Å². The molecule has 136 valence electrons. The van der Waals surface area contributed by atoms with Gasteiger partial charge in [0.15, 0.2) is 5.96 Å². The fourth-order valence-electron chi connectivity index (χ4n) is 1.92. The van der Waals surface area contributed by atoms with Crippen LogP contribution in [0.1, 0.15) is 33.1 Å². The van der Waals surface area contributed by atoms with Crippen LogP contribution in [-0.4, -0.2) is 76.8 Å². The third kappa shape index (κ3) is 12.9. The Kier molecular flexibility index (Phi) is 13.4. The average Bonchev–Trinajstić information content (AvgIpc) is 2.53. The van der Waals surface area contributed by atoms with E-state index in [0.29, 0.717) is 13.0 Å². The van der Waals surface area contributed by atoms with E-state index in [1.54, 1.807) is 14.2 Å². The van der Waals surface area contributed by atoms with Crippen molar-refractivity contribution in [3.05, 3.63) is 0 Å². The van der Waals surface area contributed by atoms with E-state index < -0.39 is 0 Å². The Hall–Kier alpha value is -1.34. The lowest BCUT2D eigenvalue weighted by atomic mass is 10.2. The van der Waals surface area contributed by atoms with Gasteiger partial charge in [-0.3, -0.25) is 9.79 Å². The van der Waals surface area contributed by atoms with Crippen LogP contribution in [0.3, 0.4) is 0 Å². The van der Waals surface area contributed by atoms with E-state index in [1.165, 1.54) is 0 Å². The summed E-state index contributed by atoms with van der Waals surface area (Å²) in [6.07, 6.45) is 2.42. The molecule has 0 rings (SSSR count). The van der Waals surface area contributed by atoms with Crippen LogP contribution < -0.4 is 16.0 Å². The quantitative estimate of drug-likeness (QED) is 0.275. The molecule has 7 heteroatoms. The van der Waals surface area contributed by atoms with Crippen molar-refractivity contribution in [2.75, 3.05) is 54.0 Å². The molecule has 1 atom stereocenters. The Balaban J connectivity index is 3.77. The largest absolute Gasteiger partial charge is 0.385 e. The van der Waals surface area contributed by atoms with Crippen LogP contribution in [0.4, 0.5) is 0 Å². The molecule has 23 heavy (non-hydrogen) atoms. The van der Waals surface area contributed by atoms with Gasteiger partial charge in [0, 0.05) is 59.4 Å². The first kappa shape index (κ1) is 21.7. The van der Waals surface area contributed by atoms with Crippen molar-refractivity contribution in [2.24, 2.45) is 4.99 Å². The highest BCUT2D eigenvalue weighted by Gasteiger charge is 2.06. The second-order valence-corrected chi connectivity index (χ2v) is 5.70. The number of aliphatic imine (C=N–C) groups is 1.